The van der Waals surface area contributed by atoms with Crippen molar-refractivity contribution in [3.8, 4) is 0 Å². The third-order valence-corrected chi connectivity index (χ3v) is 4.84. The number of primary amides is 1. The molecular weight excluding hydrogens is 377 g/mol. The van der Waals surface area contributed by atoms with Crippen LogP contribution in [0.1, 0.15) is 31.4 Å². The van der Waals surface area contributed by atoms with Gasteiger partial charge in [0.2, 0.25) is 0 Å². The molecule has 150 valence electrons. The Bertz CT molecular complexity index is 739. The van der Waals surface area contributed by atoms with Gasteiger partial charge in [-0.2, -0.15) is 0 Å². The van der Waals surface area contributed by atoms with E-state index >= 15 is 0 Å². The Kier molecular flexibility index (Phi) is 10.5. The average molecular weight is 404 g/mol. The Balaban J connectivity index is 0.000000307. The average Bonchev–Trinajstić information content (AvgIpc) is 2.72. The monoisotopic (exact) mass is 404 g/mol. The van der Waals surface area contributed by atoms with Crippen molar-refractivity contribution >= 4 is 20.5 Å². The molecule has 0 saturated carbocycles. The predicted octanol–water partition coefficient (Wildman–Crippen LogP) is 4.25. The second-order valence-corrected chi connectivity index (χ2v) is 7.54. The second-order valence-electron chi connectivity index (χ2n) is 6.23. The number of nitrogens with two attached hydrogens (primary N) is 1. The SMILES string of the molecule is CCOC(=O)C(C)(CCc1ccccc1)[PH+]=O.NC(=O)OCc1ccccc1. The van der Waals surface area contributed by atoms with Crippen molar-refractivity contribution < 1.29 is 23.6 Å². The van der Waals surface area contributed by atoms with Crippen molar-refractivity contribution in [2.45, 2.75) is 38.5 Å². The number of carbonyl (C=O) groups is 2. The summed E-state index contributed by atoms with van der Waals surface area (Å²) in [6.45, 7) is 4.02. The molecule has 28 heavy (non-hydrogen) atoms. The fraction of sp³-hybridized carbons (Fsp3) is 0.333. The van der Waals surface area contributed by atoms with E-state index in [0.717, 1.165) is 17.5 Å². The van der Waals surface area contributed by atoms with Crippen molar-refractivity contribution in [2.24, 2.45) is 5.73 Å². The van der Waals surface area contributed by atoms with Gasteiger partial charge in [0.15, 0.2) is 0 Å². The lowest BCUT2D eigenvalue weighted by molar-refractivity contribution is -0.145. The summed E-state index contributed by atoms with van der Waals surface area (Å²) >= 11 is 0. The van der Waals surface area contributed by atoms with Gasteiger partial charge in [-0.15, -0.1) is 0 Å². The molecule has 0 bridgehead atoms. The minimum atomic E-state index is -0.883. The van der Waals surface area contributed by atoms with Gasteiger partial charge in [-0.3, -0.25) is 0 Å². The maximum Gasteiger partial charge on any atom is 0.404 e. The van der Waals surface area contributed by atoms with Crippen LogP contribution in [0.5, 0.6) is 0 Å². The van der Waals surface area contributed by atoms with Gasteiger partial charge in [-0.25, -0.2) is 9.59 Å². The highest BCUT2D eigenvalue weighted by atomic mass is 31.1. The first-order valence-corrected chi connectivity index (χ1v) is 9.88. The Labute approximate surface area is 167 Å². The standard InChI is InChI=1S/C13H17O3P.C8H9NO2/c1-3-16-12(14)13(2,17-15)10-9-11-7-5-4-6-8-11;9-8(10)11-6-7-4-2-1-3-5-7/h4-8H,3,9-10H2,1-2H3;1-5H,6H2,(H2,9,10)/p+1. The van der Waals surface area contributed by atoms with E-state index in [2.05, 4.69) is 4.74 Å². The third kappa shape index (κ3) is 8.78. The van der Waals surface area contributed by atoms with E-state index in [1.807, 2.05) is 60.7 Å². The first kappa shape index (κ1) is 23.3. The number of hydrogen-bond acceptors (Lipinski definition) is 5. The number of esters is 1. The van der Waals surface area contributed by atoms with Crippen LogP contribution in [0, 0.1) is 0 Å². The molecule has 0 aliphatic rings. The minimum absolute atomic E-state index is 0.246. The van der Waals surface area contributed by atoms with E-state index in [1.165, 1.54) is 0 Å². The zero-order chi connectivity index (χ0) is 20.8. The van der Waals surface area contributed by atoms with E-state index in [-0.39, 0.29) is 12.6 Å². The summed E-state index contributed by atoms with van der Waals surface area (Å²) in [5.41, 5.74) is 6.86. The van der Waals surface area contributed by atoms with Crippen LogP contribution in [-0.4, -0.2) is 23.8 Å². The van der Waals surface area contributed by atoms with Crippen LogP contribution in [0.4, 0.5) is 4.79 Å². The molecule has 7 heteroatoms. The molecule has 2 aromatic carbocycles. The number of amides is 1. The second kappa shape index (κ2) is 12.6. The van der Waals surface area contributed by atoms with Crippen molar-refractivity contribution in [2.75, 3.05) is 6.61 Å². The van der Waals surface area contributed by atoms with Gasteiger partial charge in [-0.1, -0.05) is 65.2 Å². The van der Waals surface area contributed by atoms with E-state index in [0.29, 0.717) is 13.0 Å². The Hall–Kier alpha value is -2.72. The van der Waals surface area contributed by atoms with Crippen molar-refractivity contribution in [3.63, 3.8) is 0 Å². The summed E-state index contributed by atoms with van der Waals surface area (Å²) in [6, 6.07) is 19.2. The molecule has 2 aromatic rings. The molecule has 2 rings (SSSR count). The molecule has 2 N–H and O–H groups in total. The summed E-state index contributed by atoms with van der Waals surface area (Å²) in [7, 11) is -0.681. The lowest BCUT2D eigenvalue weighted by Gasteiger charge is -2.13. The zero-order valence-corrected chi connectivity index (χ0v) is 17.2. The molecule has 0 radical (unpaired) electrons. The van der Waals surface area contributed by atoms with Crippen LogP contribution in [0.3, 0.4) is 0 Å². The van der Waals surface area contributed by atoms with Crippen LogP contribution in [-0.2, 0) is 31.9 Å². The molecule has 0 aliphatic carbocycles. The normalized spacial score (nSPS) is 12.2. The molecule has 1 amide bonds. The highest BCUT2D eigenvalue weighted by molar-refractivity contribution is 7.27. The Morgan fingerprint density at radius 3 is 1.96 bits per heavy atom. The van der Waals surface area contributed by atoms with Crippen molar-refractivity contribution in [1.82, 2.24) is 0 Å². The van der Waals surface area contributed by atoms with Gasteiger partial charge >= 0.3 is 20.5 Å². The van der Waals surface area contributed by atoms with Gasteiger partial charge in [0, 0.05) is 6.42 Å². The quantitative estimate of drug-likeness (QED) is 0.524. The largest absolute Gasteiger partial charge is 0.462 e. The zero-order valence-electron chi connectivity index (χ0n) is 16.2. The van der Waals surface area contributed by atoms with Gasteiger partial charge in [0.05, 0.1) is 6.61 Å². The molecule has 0 spiro atoms. The number of rotatable bonds is 8. The number of hydrogen-bond donors (Lipinski definition) is 1. The van der Waals surface area contributed by atoms with E-state index < -0.39 is 19.7 Å². The molecule has 0 heterocycles. The van der Waals surface area contributed by atoms with Crippen LogP contribution in [0.15, 0.2) is 60.7 Å². The Morgan fingerprint density at radius 1 is 0.964 bits per heavy atom. The van der Waals surface area contributed by atoms with E-state index in [9.17, 15) is 14.2 Å². The topological polar surface area (TPSA) is 95.7 Å². The molecule has 0 aromatic heterocycles. The number of benzene rings is 2. The van der Waals surface area contributed by atoms with Gasteiger partial charge < -0.3 is 15.2 Å². The van der Waals surface area contributed by atoms with E-state index in [4.69, 9.17) is 10.5 Å². The minimum Gasteiger partial charge on any atom is -0.462 e. The molecule has 2 unspecified atom stereocenters. The van der Waals surface area contributed by atoms with Gasteiger partial charge in [0.1, 0.15) is 6.61 Å². The van der Waals surface area contributed by atoms with Crippen LogP contribution in [0.2, 0.25) is 0 Å². The molecule has 0 fully saturated rings. The highest BCUT2D eigenvalue weighted by Gasteiger charge is 2.43. The summed E-state index contributed by atoms with van der Waals surface area (Å²) in [5.74, 6) is -0.371. The summed E-state index contributed by atoms with van der Waals surface area (Å²) in [6.07, 6.45) is 0.525. The van der Waals surface area contributed by atoms with Crippen molar-refractivity contribution in [1.29, 1.82) is 0 Å². The summed E-state index contributed by atoms with van der Waals surface area (Å²) in [5, 5.41) is -0.883. The fourth-order valence-electron chi connectivity index (χ4n) is 2.25. The first-order chi connectivity index (χ1) is 13.4. The lowest BCUT2D eigenvalue weighted by Crippen LogP contribution is -2.31. The van der Waals surface area contributed by atoms with Crippen LogP contribution < -0.4 is 5.73 Å². The lowest BCUT2D eigenvalue weighted by atomic mass is 10.0. The predicted molar refractivity (Wildman–Crippen MR) is 110 cm³/mol. The van der Waals surface area contributed by atoms with E-state index in [1.54, 1.807) is 13.8 Å². The molecule has 6 nitrogen and oxygen atoms in total. The number of carbonyl (C=O) groups excluding carboxylic acids is 2. The Morgan fingerprint density at radius 2 is 1.50 bits per heavy atom. The first-order valence-electron chi connectivity index (χ1n) is 8.98. The van der Waals surface area contributed by atoms with Crippen LogP contribution >= 0.6 is 8.46 Å². The number of aryl methyl sites for hydroxylation is 1. The maximum atomic E-state index is 11.7. The molecule has 0 aliphatic heterocycles. The molecule has 2 atom stereocenters. The maximum absolute atomic E-state index is 11.7. The number of ether oxygens (including phenoxy) is 2. The van der Waals surface area contributed by atoms with Crippen LogP contribution in [0.25, 0.3) is 0 Å². The smallest absolute Gasteiger partial charge is 0.404 e. The third-order valence-electron chi connectivity index (χ3n) is 3.93. The summed E-state index contributed by atoms with van der Waals surface area (Å²) < 4.78 is 20.7. The molecular formula is C21H27NO5P+. The highest BCUT2D eigenvalue weighted by Crippen LogP contribution is 2.30. The van der Waals surface area contributed by atoms with Gasteiger partial charge in [0.25, 0.3) is 5.16 Å². The van der Waals surface area contributed by atoms with Gasteiger partial charge in [-0.05, 0) is 31.4 Å². The fourth-order valence-corrected chi connectivity index (χ4v) is 2.64. The molecule has 0 saturated heterocycles. The van der Waals surface area contributed by atoms with Crippen molar-refractivity contribution in [3.05, 3.63) is 71.8 Å². The summed E-state index contributed by atoms with van der Waals surface area (Å²) in [4.78, 5) is 21.9.